The molecular formula is C19H31N7. The number of nitrogens with zero attached hydrogens (tertiary/aromatic N) is 7. The highest BCUT2D eigenvalue weighted by Gasteiger charge is 2.21. The summed E-state index contributed by atoms with van der Waals surface area (Å²) in [6.07, 6.45) is 5.57. The first-order chi connectivity index (χ1) is 12.7. The Bertz CT molecular complexity index is 719. The standard InChI is InChI=1S/C19H31N7/c1-5-24(6-2)18-20-14-15-16(22-18)17(26-12-10-9-11-13-26)23-19(21-15)25(7-3)8-4/h14H,5-13H2,1-4H3. The van der Waals surface area contributed by atoms with Crippen LogP contribution in [0, 0.1) is 0 Å². The van der Waals surface area contributed by atoms with E-state index in [1.807, 2.05) is 6.20 Å². The van der Waals surface area contributed by atoms with Crippen molar-refractivity contribution in [2.75, 3.05) is 54.0 Å². The van der Waals surface area contributed by atoms with E-state index in [9.17, 15) is 0 Å². The van der Waals surface area contributed by atoms with E-state index in [1.54, 1.807) is 0 Å². The lowest BCUT2D eigenvalue weighted by Crippen LogP contribution is -2.32. The van der Waals surface area contributed by atoms with E-state index in [1.165, 1.54) is 19.3 Å². The summed E-state index contributed by atoms with van der Waals surface area (Å²) < 4.78 is 0. The SMILES string of the molecule is CCN(CC)c1nc(N2CCCCC2)c2nc(N(CC)CC)ncc2n1. The molecule has 0 bridgehead atoms. The second kappa shape index (κ2) is 8.47. The Balaban J connectivity index is 2.13. The Hall–Kier alpha value is -2.18. The first kappa shape index (κ1) is 18.6. The maximum atomic E-state index is 4.95. The van der Waals surface area contributed by atoms with Gasteiger partial charge >= 0.3 is 0 Å². The molecule has 26 heavy (non-hydrogen) atoms. The van der Waals surface area contributed by atoms with E-state index < -0.39 is 0 Å². The van der Waals surface area contributed by atoms with Crippen LogP contribution >= 0.6 is 0 Å². The van der Waals surface area contributed by atoms with Crippen molar-refractivity contribution in [3.63, 3.8) is 0 Å². The van der Waals surface area contributed by atoms with E-state index in [2.05, 4.69) is 47.4 Å². The van der Waals surface area contributed by atoms with Crippen molar-refractivity contribution >= 4 is 28.7 Å². The molecule has 0 aliphatic carbocycles. The second-order valence-electron chi connectivity index (χ2n) is 6.64. The molecule has 0 aromatic carbocycles. The fraction of sp³-hybridized carbons (Fsp3) is 0.684. The van der Waals surface area contributed by atoms with Gasteiger partial charge in [-0.15, -0.1) is 0 Å². The molecule has 1 aliphatic rings. The third kappa shape index (κ3) is 3.66. The monoisotopic (exact) mass is 357 g/mol. The van der Waals surface area contributed by atoms with E-state index in [-0.39, 0.29) is 0 Å². The first-order valence-corrected chi connectivity index (χ1v) is 10.0. The summed E-state index contributed by atoms with van der Waals surface area (Å²) in [5.41, 5.74) is 1.71. The van der Waals surface area contributed by atoms with Crippen LogP contribution in [0.1, 0.15) is 47.0 Å². The average molecular weight is 358 g/mol. The third-order valence-electron chi connectivity index (χ3n) is 5.14. The summed E-state index contributed by atoms with van der Waals surface area (Å²) in [5.74, 6) is 2.51. The zero-order chi connectivity index (χ0) is 18.5. The van der Waals surface area contributed by atoms with Crippen molar-refractivity contribution in [2.24, 2.45) is 0 Å². The van der Waals surface area contributed by atoms with Gasteiger partial charge in [0.1, 0.15) is 11.0 Å². The molecule has 0 spiro atoms. The van der Waals surface area contributed by atoms with Gasteiger partial charge in [-0.05, 0) is 47.0 Å². The largest absolute Gasteiger partial charge is 0.355 e. The molecule has 3 rings (SSSR count). The number of hydrogen-bond donors (Lipinski definition) is 0. The van der Waals surface area contributed by atoms with Gasteiger partial charge in [-0.2, -0.15) is 4.98 Å². The zero-order valence-electron chi connectivity index (χ0n) is 16.6. The predicted molar refractivity (Wildman–Crippen MR) is 108 cm³/mol. The average Bonchev–Trinajstić information content (AvgIpc) is 2.70. The van der Waals surface area contributed by atoms with E-state index in [0.29, 0.717) is 0 Å². The molecule has 0 atom stereocenters. The van der Waals surface area contributed by atoms with Gasteiger partial charge in [0, 0.05) is 39.3 Å². The van der Waals surface area contributed by atoms with E-state index in [0.717, 1.165) is 68.0 Å². The molecule has 142 valence electrons. The van der Waals surface area contributed by atoms with Gasteiger partial charge in [0.25, 0.3) is 0 Å². The van der Waals surface area contributed by atoms with Crippen LogP contribution in [-0.4, -0.2) is 59.2 Å². The van der Waals surface area contributed by atoms with Gasteiger partial charge in [0.2, 0.25) is 11.9 Å². The van der Waals surface area contributed by atoms with Crippen molar-refractivity contribution < 1.29 is 0 Å². The van der Waals surface area contributed by atoms with Crippen LogP contribution in [0.15, 0.2) is 6.20 Å². The van der Waals surface area contributed by atoms with Gasteiger partial charge in [0.15, 0.2) is 5.82 Å². The first-order valence-electron chi connectivity index (χ1n) is 10.0. The number of piperidine rings is 1. The van der Waals surface area contributed by atoms with Crippen LogP contribution < -0.4 is 14.7 Å². The summed E-state index contributed by atoms with van der Waals surface area (Å²) in [6, 6.07) is 0. The van der Waals surface area contributed by atoms with Gasteiger partial charge in [-0.3, -0.25) is 0 Å². The molecule has 0 amide bonds. The van der Waals surface area contributed by atoms with Gasteiger partial charge in [-0.25, -0.2) is 15.0 Å². The number of rotatable bonds is 7. The normalized spacial score (nSPS) is 14.7. The number of anilines is 3. The lowest BCUT2D eigenvalue weighted by Gasteiger charge is -2.30. The Morgan fingerprint density at radius 2 is 1.42 bits per heavy atom. The van der Waals surface area contributed by atoms with Gasteiger partial charge in [-0.1, -0.05) is 0 Å². The minimum Gasteiger partial charge on any atom is -0.355 e. The van der Waals surface area contributed by atoms with Gasteiger partial charge in [0.05, 0.1) is 6.20 Å². The fourth-order valence-corrected chi connectivity index (χ4v) is 3.53. The molecule has 0 N–H and O–H groups in total. The summed E-state index contributed by atoms with van der Waals surface area (Å²) in [6.45, 7) is 14.2. The molecule has 2 aromatic rings. The zero-order valence-corrected chi connectivity index (χ0v) is 16.6. The highest BCUT2D eigenvalue weighted by atomic mass is 15.3. The van der Waals surface area contributed by atoms with Crippen LogP contribution in [0.4, 0.5) is 17.7 Å². The summed E-state index contributed by atoms with van der Waals surface area (Å²) in [4.78, 5) is 25.9. The van der Waals surface area contributed by atoms with E-state index >= 15 is 0 Å². The Morgan fingerprint density at radius 1 is 0.808 bits per heavy atom. The van der Waals surface area contributed by atoms with Crippen LogP contribution in [0.2, 0.25) is 0 Å². The minimum atomic E-state index is 0.764. The highest BCUT2D eigenvalue weighted by molar-refractivity contribution is 5.87. The maximum absolute atomic E-state index is 4.95. The number of hydrogen-bond acceptors (Lipinski definition) is 7. The molecule has 3 heterocycles. The summed E-state index contributed by atoms with van der Waals surface area (Å²) in [5, 5.41) is 0. The maximum Gasteiger partial charge on any atom is 0.228 e. The quantitative estimate of drug-likeness (QED) is 0.754. The predicted octanol–water partition coefficient (Wildman–Crippen LogP) is 3.10. The lowest BCUT2D eigenvalue weighted by atomic mass is 10.1. The van der Waals surface area contributed by atoms with Crippen molar-refractivity contribution in [3.8, 4) is 0 Å². The molecule has 0 radical (unpaired) electrons. The third-order valence-corrected chi connectivity index (χ3v) is 5.14. The molecule has 0 saturated carbocycles. The molecule has 1 fully saturated rings. The number of aromatic nitrogens is 4. The van der Waals surface area contributed by atoms with Crippen LogP contribution in [-0.2, 0) is 0 Å². The summed E-state index contributed by atoms with van der Waals surface area (Å²) >= 11 is 0. The van der Waals surface area contributed by atoms with Crippen LogP contribution in [0.25, 0.3) is 11.0 Å². The molecule has 0 unspecified atom stereocenters. The molecule has 1 saturated heterocycles. The fourth-order valence-electron chi connectivity index (χ4n) is 3.53. The molecule has 7 heteroatoms. The van der Waals surface area contributed by atoms with Crippen molar-refractivity contribution in [1.82, 2.24) is 19.9 Å². The molecular weight excluding hydrogens is 326 g/mol. The van der Waals surface area contributed by atoms with E-state index in [4.69, 9.17) is 15.0 Å². The van der Waals surface area contributed by atoms with Crippen molar-refractivity contribution in [2.45, 2.75) is 47.0 Å². The van der Waals surface area contributed by atoms with Crippen LogP contribution in [0.3, 0.4) is 0 Å². The molecule has 1 aliphatic heterocycles. The Morgan fingerprint density at radius 3 is 2.04 bits per heavy atom. The second-order valence-corrected chi connectivity index (χ2v) is 6.64. The van der Waals surface area contributed by atoms with Crippen LogP contribution in [0.5, 0.6) is 0 Å². The Labute approximate surface area is 156 Å². The Kier molecular flexibility index (Phi) is 6.06. The van der Waals surface area contributed by atoms with Gasteiger partial charge < -0.3 is 14.7 Å². The minimum absolute atomic E-state index is 0.764. The topological polar surface area (TPSA) is 61.3 Å². The lowest BCUT2D eigenvalue weighted by molar-refractivity contribution is 0.574. The van der Waals surface area contributed by atoms with Crippen molar-refractivity contribution in [3.05, 3.63) is 6.20 Å². The van der Waals surface area contributed by atoms with Crippen molar-refractivity contribution in [1.29, 1.82) is 0 Å². The molecule has 2 aromatic heterocycles. The molecule has 7 nitrogen and oxygen atoms in total. The smallest absolute Gasteiger partial charge is 0.228 e. The highest BCUT2D eigenvalue weighted by Crippen LogP contribution is 2.28. The summed E-state index contributed by atoms with van der Waals surface area (Å²) in [7, 11) is 0. The number of fused-ring (bicyclic) bond motifs is 1.